The highest BCUT2D eigenvalue weighted by Crippen LogP contribution is 2.12. The van der Waals surface area contributed by atoms with E-state index in [1.807, 2.05) is 0 Å². The van der Waals surface area contributed by atoms with Crippen LogP contribution in [-0.4, -0.2) is 6.04 Å². The van der Waals surface area contributed by atoms with E-state index in [0.717, 1.165) is 6.42 Å². The molecule has 0 spiro atoms. The lowest BCUT2D eigenvalue weighted by Gasteiger charge is -2.15. The van der Waals surface area contributed by atoms with Gasteiger partial charge in [-0.2, -0.15) is 0 Å². The number of rotatable bonds is 11. The molecule has 0 aromatic carbocycles. The smallest absolute Gasteiger partial charge is 0.0247 e. The summed E-state index contributed by atoms with van der Waals surface area (Å²) in [6.07, 6.45) is 11.7. The molecule has 0 fully saturated rings. The van der Waals surface area contributed by atoms with Gasteiger partial charge < -0.3 is 0 Å². The van der Waals surface area contributed by atoms with Gasteiger partial charge in [0, 0.05) is 6.04 Å². The standard InChI is InChI=1S/C14H30N2/c1-4-5-6-7-8-9-10-11-14(16-15)12-13(2)3/h14,16H,2,4-12,15H2,1,3H3. The lowest BCUT2D eigenvalue weighted by molar-refractivity contribution is 0.458. The largest absolute Gasteiger partial charge is 0.271 e. The van der Waals surface area contributed by atoms with Crippen LogP contribution in [0, 0.1) is 0 Å². The Bertz CT molecular complexity index is 166. The van der Waals surface area contributed by atoms with Gasteiger partial charge in [0.1, 0.15) is 0 Å². The van der Waals surface area contributed by atoms with E-state index in [2.05, 4.69) is 25.9 Å². The summed E-state index contributed by atoms with van der Waals surface area (Å²) in [5.41, 5.74) is 4.10. The highest BCUT2D eigenvalue weighted by Gasteiger charge is 2.05. The highest BCUT2D eigenvalue weighted by molar-refractivity contribution is 4.92. The SMILES string of the molecule is C=C(C)CC(CCCCCCCCC)NN. The van der Waals surface area contributed by atoms with Crippen molar-refractivity contribution in [2.75, 3.05) is 0 Å². The number of nitrogens with one attached hydrogen (secondary N) is 1. The molecule has 0 saturated carbocycles. The molecule has 2 heteroatoms. The minimum absolute atomic E-state index is 0.424. The van der Waals surface area contributed by atoms with E-state index in [9.17, 15) is 0 Å². The maximum Gasteiger partial charge on any atom is 0.0247 e. The van der Waals surface area contributed by atoms with Crippen LogP contribution in [0.25, 0.3) is 0 Å². The number of nitrogens with two attached hydrogens (primary N) is 1. The minimum atomic E-state index is 0.424. The Balaban J connectivity index is 3.31. The molecule has 1 unspecified atom stereocenters. The van der Waals surface area contributed by atoms with Crippen molar-refractivity contribution < 1.29 is 0 Å². The Kier molecular flexibility index (Phi) is 10.9. The molecule has 16 heavy (non-hydrogen) atoms. The zero-order valence-corrected chi connectivity index (χ0v) is 11.2. The summed E-state index contributed by atoms with van der Waals surface area (Å²) >= 11 is 0. The summed E-state index contributed by atoms with van der Waals surface area (Å²) in [6.45, 7) is 8.25. The summed E-state index contributed by atoms with van der Waals surface area (Å²) in [4.78, 5) is 0. The molecule has 0 aromatic rings. The zero-order chi connectivity index (χ0) is 12.2. The third-order valence-corrected chi connectivity index (χ3v) is 2.99. The van der Waals surface area contributed by atoms with Crippen molar-refractivity contribution in [1.82, 2.24) is 5.43 Å². The highest BCUT2D eigenvalue weighted by atomic mass is 15.2. The molecular weight excluding hydrogens is 196 g/mol. The molecule has 0 aliphatic carbocycles. The van der Waals surface area contributed by atoms with E-state index in [-0.39, 0.29) is 0 Å². The fraction of sp³-hybridized carbons (Fsp3) is 0.857. The van der Waals surface area contributed by atoms with Crippen LogP contribution in [0.4, 0.5) is 0 Å². The number of hydrazine groups is 1. The first-order valence-electron chi connectivity index (χ1n) is 6.81. The lowest BCUT2D eigenvalue weighted by atomic mass is 10.0. The van der Waals surface area contributed by atoms with Crippen LogP contribution in [0.3, 0.4) is 0 Å². The topological polar surface area (TPSA) is 38.0 Å². The molecule has 0 rings (SSSR count). The van der Waals surface area contributed by atoms with Gasteiger partial charge in [-0.05, 0) is 19.8 Å². The second-order valence-electron chi connectivity index (χ2n) is 4.93. The van der Waals surface area contributed by atoms with Gasteiger partial charge in [-0.25, -0.2) is 0 Å². The molecule has 2 nitrogen and oxygen atoms in total. The second-order valence-corrected chi connectivity index (χ2v) is 4.93. The fourth-order valence-corrected chi connectivity index (χ4v) is 2.01. The average Bonchev–Trinajstić information content (AvgIpc) is 2.25. The molecule has 0 radical (unpaired) electrons. The van der Waals surface area contributed by atoms with E-state index in [0.29, 0.717) is 6.04 Å². The minimum Gasteiger partial charge on any atom is -0.271 e. The van der Waals surface area contributed by atoms with Crippen LogP contribution < -0.4 is 11.3 Å². The van der Waals surface area contributed by atoms with Gasteiger partial charge in [0.05, 0.1) is 0 Å². The van der Waals surface area contributed by atoms with Crippen LogP contribution >= 0.6 is 0 Å². The third kappa shape index (κ3) is 10.2. The Hall–Kier alpha value is -0.340. The number of hydrogen-bond acceptors (Lipinski definition) is 2. The van der Waals surface area contributed by atoms with E-state index in [1.54, 1.807) is 0 Å². The van der Waals surface area contributed by atoms with Gasteiger partial charge in [-0.1, -0.05) is 57.4 Å². The summed E-state index contributed by atoms with van der Waals surface area (Å²) in [5, 5.41) is 0. The monoisotopic (exact) mass is 226 g/mol. The van der Waals surface area contributed by atoms with Crippen molar-refractivity contribution in [3.63, 3.8) is 0 Å². The number of unbranched alkanes of at least 4 members (excludes halogenated alkanes) is 6. The van der Waals surface area contributed by atoms with Crippen molar-refractivity contribution in [2.24, 2.45) is 5.84 Å². The van der Waals surface area contributed by atoms with Crippen molar-refractivity contribution in [2.45, 2.75) is 77.7 Å². The first-order valence-corrected chi connectivity index (χ1v) is 6.81. The molecule has 0 aliphatic heterocycles. The summed E-state index contributed by atoms with van der Waals surface area (Å²) < 4.78 is 0. The van der Waals surface area contributed by atoms with Crippen LogP contribution in [0.2, 0.25) is 0 Å². The van der Waals surface area contributed by atoms with E-state index in [1.165, 1.54) is 56.9 Å². The van der Waals surface area contributed by atoms with Gasteiger partial charge in [0.15, 0.2) is 0 Å². The van der Waals surface area contributed by atoms with E-state index >= 15 is 0 Å². The fourth-order valence-electron chi connectivity index (χ4n) is 2.01. The Morgan fingerprint density at radius 3 is 2.19 bits per heavy atom. The van der Waals surface area contributed by atoms with E-state index in [4.69, 9.17) is 5.84 Å². The van der Waals surface area contributed by atoms with Gasteiger partial charge >= 0.3 is 0 Å². The molecule has 0 amide bonds. The molecule has 0 aromatic heterocycles. The summed E-state index contributed by atoms with van der Waals surface area (Å²) in [5.74, 6) is 5.51. The normalized spacial score (nSPS) is 12.7. The van der Waals surface area contributed by atoms with Crippen LogP contribution in [0.1, 0.15) is 71.6 Å². The second kappa shape index (κ2) is 11.2. The Labute approximate surface area is 102 Å². The van der Waals surface area contributed by atoms with Gasteiger partial charge in [0.25, 0.3) is 0 Å². The zero-order valence-electron chi connectivity index (χ0n) is 11.2. The van der Waals surface area contributed by atoms with Crippen LogP contribution in [-0.2, 0) is 0 Å². The summed E-state index contributed by atoms with van der Waals surface area (Å²) in [7, 11) is 0. The van der Waals surface area contributed by atoms with Gasteiger partial charge in [0.2, 0.25) is 0 Å². The van der Waals surface area contributed by atoms with Gasteiger partial charge in [-0.15, -0.1) is 6.58 Å². The van der Waals surface area contributed by atoms with Crippen molar-refractivity contribution >= 4 is 0 Å². The quantitative estimate of drug-likeness (QED) is 0.242. The average molecular weight is 226 g/mol. The third-order valence-electron chi connectivity index (χ3n) is 2.99. The number of hydrogen-bond donors (Lipinski definition) is 2. The lowest BCUT2D eigenvalue weighted by Crippen LogP contribution is -2.35. The summed E-state index contributed by atoms with van der Waals surface area (Å²) in [6, 6.07) is 0.424. The Morgan fingerprint density at radius 2 is 1.69 bits per heavy atom. The van der Waals surface area contributed by atoms with Crippen molar-refractivity contribution in [3.05, 3.63) is 12.2 Å². The molecule has 0 bridgehead atoms. The van der Waals surface area contributed by atoms with Crippen LogP contribution in [0.5, 0.6) is 0 Å². The molecule has 0 saturated heterocycles. The molecule has 0 heterocycles. The van der Waals surface area contributed by atoms with Crippen molar-refractivity contribution in [3.8, 4) is 0 Å². The molecular formula is C14H30N2. The molecule has 96 valence electrons. The predicted molar refractivity (Wildman–Crippen MR) is 73.2 cm³/mol. The molecule has 0 aliphatic rings. The van der Waals surface area contributed by atoms with Gasteiger partial charge in [-0.3, -0.25) is 11.3 Å². The van der Waals surface area contributed by atoms with Crippen LogP contribution in [0.15, 0.2) is 12.2 Å². The molecule has 1 atom stereocenters. The Morgan fingerprint density at radius 1 is 1.12 bits per heavy atom. The maximum atomic E-state index is 5.51. The predicted octanol–water partition coefficient (Wildman–Crippen LogP) is 3.93. The van der Waals surface area contributed by atoms with E-state index < -0.39 is 0 Å². The first kappa shape index (κ1) is 15.7. The van der Waals surface area contributed by atoms with Crippen molar-refractivity contribution in [1.29, 1.82) is 0 Å². The first-order chi connectivity index (χ1) is 7.70. The molecule has 3 N–H and O–H groups in total. The maximum absolute atomic E-state index is 5.51.